The summed E-state index contributed by atoms with van der Waals surface area (Å²) in [7, 11) is 0. The average Bonchev–Trinajstić information content (AvgIpc) is 3.16. The first kappa shape index (κ1) is 19.8. The van der Waals surface area contributed by atoms with E-state index >= 15 is 0 Å². The molecule has 1 atom stereocenters. The smallest absolute Gasteiger partial charge is 0.255 e. The SMILES string of the molecule is O=C1N(CCCc2ccccc2)CCCC1(O)CN1CCC2(CC1)OCCO2. The molecule has 0 saturated carbocycles. The van der Waals surface area contributed by atoms with Crippen molar-refractivity contribution in [3.8, 4) is 0 Å². The molecule has 6 nitrogen and oxygen atoms in total. The molecule has 1 N–H and O–H groups in total. The lowest BCUT2D eigenvalue weighted by atomic mass is 9.89. The number of hydrogen-bond donors (Lipinski definition) is 1. The van der Waals surface area contributed by atoms with Crippen LogP contribution in [0.1, 0.15) is 37.7 Å². The van der Waals surface area contributed by atoms with Crippen molar-refractivity contribution >= 4 is 5.91 Å². The molecular formula is C22H32N2O4. The summed E-state index contributed by atoms with van der Waals surface area (Å²) in [6.07, 6.45) is 4.90. The maximum absolute atomic E-state index is 13.0. The highest BCUT2D eigenvalue weighted by molar-refractivity contribution is 5.86. The number of aryl methyl sites for hydroxylation is 1. The molecule has 3 aliphatic heterocycles. The Hall–Kier alpha value is -1.47. The number of benzene rings is 1. The molecule has 1 aromatic carbocycles. The van der Waals surface area contributed by atoms with Crippen LogP contribution in [0.5, 0.6) is 0 Å². The number of amides is 1. The Labute approximate surface area is 167 Å². The van der Waals surface area contributed by atoms with Gasteiger partial charge in [-0.15, -0.1) is 0 Å². The minimum atomic E-state index is -1.26. The summed E-state index contributed by atoms with van der Waals surface area (Å²) >= 11 is 0. The lowest BCUT2D eigenvalue weighted by Crippen LogP contribution is -2.60. The molecule has 1 aromatic rings. The van der Waals surface area contributed by atoms with E-state index < -0.39 is 11.4 Å². The lowest BCUT2D eigenvalue weighted by Gasteiger charge is -2.43. The third-order valence-electron chi connectivity index (χ3n) is 6.36. The van der Waals surface area contributed by atoms with Crippen LogP contribution in [0.25, 0.3) is 0 Å². The lowest BCUT2D eigenvalue weighted by molar-refractivity contribution is -0.190. The van der Waals surface area contributed by atoms with Crippen LogP contribution >= 0.6 is 0 Å². The minimum absolute atomic E-state index is 0.0968. The third kappa shape index (κ3) is 4.40. The Bertz CT molecular complexity index is 652. The van der Waals surface area contributed by atoms with E-state index in [-0.39, 0.29) is 5.91 Å². The van der Waals surface area contributed by atoms with E-state index in [1.165, 1.54) is 5.56 Å². The first-order valence-corrected chi connectivity index (χ1v) is 10.6. The zero-order chi connectivity index (χ0) is 19.5. The fourth-order valence-electron chi connectivity index (χ4n) is 4.75. The van der Waals surface area contributed by atoms with Gasteiger partial charge in [0.25, 0.3) is 5.91 Å². The largest absolute Gasteiger partial charge is 0.379 e. The van der Waals surface area contributed by atoms with Crippen LogP contribution in [-0.2, 0) is 20.7 Å². The van der Waals surface area contributed by atoms with E-state index in [0.29, 0.717) is 32.7 Å². The van der Waals surface area contributed by atoms with Gasteiger partial charge in [0.1, 0.15) is 0 Å². The second-order valence-corrected chi connectivity index (χ2v) is 8.40. The van der Waals surface area contributed by atoms with Crippen molar-refractivity contribution < 1.29 is 19.4 Å². The predicted octanol–water partition coefficient (Wildman–Crippen LogP) is 1.81. The van der Waals surface area contributed by atoms with Crippen LogP contribution in [0.15, 0.2) is 30.3 Å². The van der Waals surface area contributed by atoms with Gasteiger partial charge in [-0.3, -0.25) is 9.69 Å². The monoisotopic (exact) mass is 388 g/mol. The molecule has 6 heteroatoms. The summed E-state index contributed by atoms with van der Waals surface area (Å²) in [6.45, 7) is 4.80. The summed E-state index contributed by atoms with van der Waals surface area (Å²) < 4.78 is 11.6. The van der Waals surface area contributed by atoms with Gasteiger partial charge in [-0.25, -0.2) is 0 Å². The number of ether oxygens (including phenoxy) is 2. The van der Waals surface area contributed by atoms with E-state index in [1.54, 1.807) is 0 Å². The maximum Gasteiger partial charge on any atom is 0.255 e. The van der Waals surface area contributed by atoms with Crippen LogP contribution < -0.4 is 0 Å². The second-order valence-electron chi connectivity index (χ2n) is 8.40. The number of β-amino-alcohol motifs (C(OH)–C–C–N with tert-alkyl or cyclic N) is 1. The number of rotatable bonds is 6. The molecule has 0 radical (unpaired) electrons. The molecule has 0 bridgehead atoms. The Morgan fingerprint density at radius 1 is 1.00 bits per heavy atom. The molecule has 0 aromatic heterocycles. The highest BCUT2D eigenvalue weighted by Gasteiger charge is 2.46. The molecule has 1 amide bonds. The topological polar surface area (TPSA) is 62.2 Å². The van der Waals surface area contributed by atoms with E-state index in [2.05, 4.69) is 17.0 Å². The molecule has 0 aliphatic carbocycles. The molecule has 4 rings (SSSR count). The van der Waals surface area contributed by atoms with Crippen LogP contribution in [0, 0.1) is 0 Å². The molecule has 3 saturated heterocycles. The van der Waals surface area contributed by atoms with E-state index in [9.17, 15) is 9.90 Å². The van der Waals surface area contributed by atoms with Crippen molar-refractivity contribution in [2.75, 3.05) is 45.9 Å². The van der Waals surface area contributed by atoms with Gasteiger partial charge >= 0.3 is 0 Å². The number of likely N-dealkylation sites (tertiary alicyclic amines) is 2. The fourth-order valence-corrected chi connectivity index (χ4v) is 4.75. The predicted molar refractivity (Wildman–Crippen MR) is 106 cm³/mol. The van der Waals surface area contributed by atoms with Crippen LogP contribution in [0.4, 0.5) is 0 Å². The van der Waals surface area contributed by atoms with Crippen molar-refractivity contribution in [1.82, 2.24) is 9.80 Å². The van der Waals surface area contributed by atoms with Crippen molar-refractivity contribution in [1.29, 1.82) is 0 Å². The molecule has 3 aliphatic rings. The van der Waals surface area contributed by atoms with Gasteiger partial charge in [-0.2, -0.15) is 0 Å². The Balaban J connectivity index is 1.28. The summed E-state index contributed by atoms with van der Waals surface area (Å²) in [5, 5.41) is 11.1. The molecule has 1 unspecified atom stereocenters. The standard InChI is InChI=1S/C22H32N2O4/c25-20-21(26,18-23-14-10-22(11-15-23)27-16-17-28-22)9-5-13-24(20)12-4-8-19-6-2-1-3-7-19/h1-3,6-7,26H,4-5,8-18H2. The van der Waals surface area contributed by atoms with Gasteiger partial charge in [-0.05, 0) is 31.2 Å². The van der Waals surface area contributed by atoms with Gasteiger partial charge in [0.2, 0.25) is 0 Å². The van der Waals surface area contributed by atoms with Gasteiger partial charge in [0, 0.05) is 45.6 Å². The van der Waals surface area contributed by atoms with E-state index in [1.807, 2.05) is 23.1 Å². The summed E-state index contributed by atoms with van der Waals surface area (Å²) in [5.41, 5.74) is 0.0354. The summed E-state index contributed by atoms with van der Waals surface area (Å²) in [6, 6.07) is 10.4. The maximum atomic E-state index is 13.0. The first-order valence-electron chi connectivity index (χ1n) is 10.6. The van der Waals surface area contributed by atoms with Crippen molar-refractivity contribution in [3.63, 3.8) is 0 Å². The Morgan fingerprint density at radius 2 is 1.71 bits per heavy atom. The van der Waals surface area contributed by atoms with Crippen LogP contribution in [-0.4, -0.2) is 78.1 Å². The van der Waals surface area contributed by atoms with Gasteiger partial charge < -0.3 is 19.5 Å². The van der Waals surface area contributed by atoms with Gasteiger partial charge in [0.15, 0.2) is 11.4 Å². The molecule has 1 spiro atoms. The number of carbonyl (C=O) groups excluding carboxylic acids is 1. The zero-order valence-corrected chi connectivity index (χ0v) is 16.6. The van der Waals surface area contributed by atoms with Crippen molar-refractivity contribution in [3.05, 3.63) is 35.9 Å². The van der Waals surface area contributed by atoms with Crippen molar-refractivity contribution in [2.45, 2.75) is 49.9 Å². The molecule has 3 fully saturated rings. The summed E-state index contributed by atoms with van der Waals surface area (Å²) in [5.74, 6) is -0.514. The summed E-state index contributed by atoms with van der Waals surface area (Å²) in [4.78, 5) is 17.1. The molecule has 28 heavy (non-hydrogen) atoms. The second kappa shape index (κ2) is 8.49. The number of nitrogens with zero attached hydrogens (tertiary/aromatic N) is 2. The quantitative estimate of drug-likeness (QED) is 0.805. The number of aliphatic hydroxyl groups is 1. The van der Waals surface area contributed by atoms with Crippen LogP contribution in [0.3, 0.4) is 0 Å². The molecule has 154 valence electrons. The zero-order valence-electron chi connectivity index (χ0n) is 16.6. The number of hydrogen-bond acceptors (Lipinski definition) is 5. The molecular weight excluding hydrogens is 356 g/mol. The first-order chi connectivity index (χ1) is 13.6. The highest BCUT2D eigenvalue weighted by atomic mass is 16.7. The Kier molecular flexibility index (Phi) is 6.01. The van der Waals surface area contributed by atoms with E-state index in [4.69, 9.17) is 9.47 Å². The number of carbonyl (C=O) groups is 1. The van der Waals surface area contributed by atoms with Crippen LogP contribution in [0.2, 0.25) is 0 Å². The number of piperidine rings is 2. The van der Waals surface area contributed by atoms with Gasteiger partial charge in [0.05, 0.1) is 13.2 Å². The van der Waals surface area contributed by atoms with E-state index in [0.717, 1.165) is 51.7 Å². The van der Waals surface area contributed by atoms with Gasteiger partial charge in [-0.1, -0.05) is 30.3 Å². The highest BCUT2D eigenvalue weighted by Crippen LogP contribution is 2.33. The average molecular weight is 389 g/mol. The molecule has 3 heterocycles. The van der Waals surface area contributed by atoms with Crippen molar-refractivity contribution in [2.24, 2.45) is 0 Å². The minimum Gasteiger partial charge on any atom is -0.379 e. The third-order valence-corrected chi connectivity index (χ3v) is 6.36. The Morgan fingerprint density at radius 3 is 2.43 bits per heavy atom. The normalized spacial score (nSPS) is 28.2. The fraction of sp³-hybridized carbons (Fsp3) is 0.682.